The van der Waals surface area contributed by atoms with Gasteiger partial charge >= 0.3 is 0 Å². The van der Waals surface area contributed by atoms with Crippen LogP contribution in [0, 0.1) is 0 Å². The number of aromatic nitrogens is 5. The Morgan fingerprint density at radius 1 is 1.19 bits per heavy atom. The first-order chi connectivity index (χ1) is 15.1. The van der Waals surface area contributed by atoms with Gasteiger partial charge in [0.1, 0.15) is 11.5 Å². The van der Waals surface area contributed by atoms with Gasteiger partial charge in [0, 0.05) is 32.4 Å². The Labute approximate surface area is 177 Å². The minimum absolute atomic E-state index is 0.0368. The smallest absolute Gasteiger partial charge is 0.258 e. The van der Waals surface area contributed by atoms with E-state index in [0.717, 1.165) is 16.7 Å². The van der Waals surface area contributed by atoms with Crippen molar-refractivity contribution in [3.8, 4) is 11.5 Å². The number of piperazine rings is 1. The summed E-state index contributed by atoms with van der Waals surface area (Å²) in [4.78, 5) is 38.3. The Balaban J connectivity index is 1.31. The molecule has 1 aliphatic rings. The number of carbonyl (C=O) groups is 2. The fraction of sp³-hybridized carbons (Fsp3) is 0.190. The number of nitrogens with zero attached hydrogens (tertiary/aromatic N) is 5. The molecule has 0 aliphatic carbocycles. The molecule has 4 aromatic rings. The number of aromatic amines is 1. The first-order valence-corrected chi connectivity index (χ1v) is 9.85. The van der Waals surface area contributed by atoms with Gasteiger partial charge in [-0.2, -0.15) is 5.10 Å². The lowest BCUT2D eigenvalue weighted by molar-refractivity contribution is -0.120. The fourth-order valence-corrected chi connectivity index (χ4v) is 3.55. The van der Waals surface area contributed by atoms with E-state index in [4.69, 9.17) is 0 Å². The van der Waals surface area contributed by atoms with Crippen LogP contribution in [0.5, 0.6) is 0 Å². The van der Waals surface area contributed by atoms with Gasteiger partial charge in [-0.1, -0.05) is 12.1 Å². The average Bonchev–Trinajstić information content (AvgIpc) is 3.36. The van der Waals surface area contributed by atoms with Crippen molar-refractivity contribution < 1.29 is 9.59 Å². The maximum absolute atomic E-state index is 12.7. The molecule has 10 nitrogen and oxygen atoms in total. The molecule has 5 rings (SSSR count). The van der Waals surface area contributed by atoms with Gasteiger partial charge in [0.25, 0.3) is 5.91 Å². The number of H-pyrrole nitrogens is 1. The van der Waals surface area contributed by atoms with Crippen LogP contribution in [-0.4, -0.2) is 56.2 Å². The Morgan fingerprint density at radius 3 is 2.84 bits per heavy atom. The summed E-state index contributed by atoms with van der Waals surface area (Å²) in [5.74, 6) is 1.40. The van der Waals surface area contributed by atoms with Gasteiger partial charge in [-0.3, -0.25) is 14.3 Å². The number of aryl methyl sites for hydroxylation is 1. The van der Waals surface area contributed by atoms with E-state index in [0.29, 0.717) is 36.1 Å². The first-order valence-electron chi connectivity index (χ1n) is 9.85. The van der Waals surface area contributed by atoms with Gasteiger partial charge in [0.05, 0.1) is 23.1 Å². The Kier molecular flexibility index (Phi) is 4.58. The van der Waals surface area contributed by atoms with Crippen molar-refractivity contribution >= 4 is 34.5 Å². The number of anilines is 2. The van der Waals surface area contributed by atoms with E-state index in [1.807, 2.05) is 29.2 Å². The molecule has 0 radical (unpaired) electrons. The van der Waals surface area contributed by atoms with E-state index in [2.05, 4.69) is 30.7 Å². The number of hydrogen-bond acceptors (Lipinski definition) is 6. The number of rotatable bonds is 4. The Bertz CT molecular complexity index is 1240. The molecule has 0 bridgehead atoms. The van der Waals surface area contributed by atoms with Crippen molar-refractivity contribution in [2.45, 2.75) is 0 Å². The van der Waals surface area contributed by atoms with Crippen LogP contribution in [-0.2, 0) is 11.8 Å². The van der Waals surface area contributed by atoms with Crippen LogP contribution >= 0.6 is 0 Å². The number of pyridine rings is 1. The van der Waals surface area contributed by atoms with E-state index >= 15 is 0 Å². The molecule has 10 heteroatoms. The molecule has 1 aliphatic heterocycles. The molecule has 1 aromatic carbocycles. The minimum atomic E-state index is -0.315. The molecule has 31 heavy (non-hydrogen) atoms. The Morgan fingerprint density at radius 2 is 2.06 bits per heavy atom. The Hall–Kier alpha value is -4.21. The molecule has 0 unspecified atom stereocenters. The summed E-state index contributed by atoms with van der Waals surface area (Å²) in [5.41, 5.74) is 2.95. The number of benzene rings is 1. The maximum Gasteiger partial charge on any atom is 0.258 e. The maximum atomic E-state index is 12.7. The third kappa shape index (κ3) is 3.70. The highest BCUT2D eigenvalue weighted by Gasteiger charge is 2.18. The molecule has 3 N–H and O–H groups in total. The van der Waals surface area contributed by atoms with Crippen molar-refractivity contribution in [1.82, 2.24) is 30.0 Å². The number of fused-ring (bicyclic) bond motifs is 1. The van der Waals surface area contributed by atoms with Crippen molar-refractivity contribution in [3.63, 3.8) is 0 Å². The molecule has 0 spiro atoms. The third-order valence-electron chi connectivity index (χ3n) is 5.13. The predicted octanol–water partition coefficient (Wildman–Crippen LogP) is 1.55. The highest BCUT2D eigenvalue weighted by atomic mass is 16.2. The lowest BCUT2D eigenvalue weighted by atomic mass is 10.2. The number of imidazole rings is 1. The van der Waals surface area contributed by atoms with Crippen LogP contribution in [0.4, 0.5) is 11.6 Å². The lowest BCUT2D eigenvalue weighted by Crippen LogP contribution is -2.48. The summed E-state index contributed by atoms with van der Waals surface area (Å²) in [6.07, 6.45) is 1.50. The van der Waals surface area contributed by atoms with E-state index in [-0.39, 0.29) is 18.4 Å². The quantitative estimate of drug-likeness (QED) is 0.464. The normalized spacial score (nSPS) is 14.0. The predicted molar refractivity (Wildman–Crippen MR) is 116 cm³/mol. The van der Waals surface area contributed by atoms with Crippen LogP contribution in [0.1, 0.15) is 10.4 Å². The van der Waals surface area contributed by atoms with Crippen LogP contribution in [0.15, 0.2) is 48.7 Å². The molecule has 2 amide bonds. The second kappa shape index (κ2) is 7.56. The highest BCUT2D eigenvalue weighted by Crippen LogP contribution is 2.23. The number of hydrogen-bond donors (Lipinski definition) is 3. The molecule has 1 saturated heterocycles. The van der Waals surface area contributed by atoms with Gasteiger partial charge in [-0.25, -0.2) is 9.97 Å². The zero-order valence-electron chi connectivity index (χ0n) is 16.8. The molecular weight excluding hydrogens is 396 g/mol. The van der Waals surface area contributed by atoms with Crippen LogP contribution < -0.4 is 15.5 Å². The number of para-hydroxylation sites is 2. The lowest BCUT2D eigenvalue weighted by Gasteiger charge is -2.27. The summed E-state index contributed by atoms with van der Waals surface area (Å²) in [7, 11) is 1.79. The zero-order valence-corrected chi connectivity index (χ0v) is 16.8. The van der Waals surface area contributed by atoms with E-state index in [9.17, 15) is 9.59 Å². The van der Waals surface area contributed by atoms with Crippen LogP contribution in [0.25, 0.3) is 22.6 Å². The summed E-state index contributed by atoms with van der Waals surface area (Å²) in [6, 6.07) is 13.0. The van der Waals surface area contributed by atoms with Crippen molar-refractivity contribution in [3.05, 3.63) is 54.2 Å². The topological polar surface area (TPSA) is 121 Å². The first kappa shape index (κ1) is 18.8. The summed E-state index contributed by atoms with van der Waals surface area (Å²) in [6.45, 7) is 1.52. The summed E-state index contributed by atoms with van der Waals surface area (Å²) < 4.78 is 1.66. The molecule has 4 heterocycles. The molecule has 0 atom stereocenters. The van der Waals surface area contributed by atoms with Gasteiger partial charge in [-0.05, 0) is 24.3 Å². The minimum Gasteiger partial charge on any atom is -0.353 e. The zero-order chi connectivity index (χ0) is 21.4. The molecule has 0 saturated carbocycles. The third-order valence-corrected chi connectivity index (χ3v) is 5.13. The standard InChI is InChI=1S/C21H20N8O2/c1-28-16(20-24-14-4-2-3-5-15(14)25-20)10-17(27-28)26-21(31)13-6-7-18(23-11-13)29-9-8-22-19(30)12-29/h2-7,10-11H,8-9,12H2,1H3,(H,22,30)(H,24,25)(H,26,27,31). The fourth-order valence-electron chi connectivity index (χ4n) is 3.55. The molecule has 156 valence electrons. The second-order valence-corrected chi connectivity index (χ2v) is 7.27. The van der Waals surface area contributed by atoms with E-state index < -0.39 is 0 Å². The summed E-state index contributed by atoms with van der Waals surface area (Å²) >= 11 is 0. The van der Waals surface area contributed by atoms with Gasteiger partial charge in [0.15, 0.2) is 11.6 Å². The number of nitrogens with one attached hydrogen (secondary N) is 3. The van der Waals surface area contributed by atoms with Gasteiger partial charge in [0.2, 0.25) is 5.91 Å². The SMILES string of the molecule is Cn1nc(NC(=O)c2ccc(N3CCNC(=O)C3)nc2)cc1-c1nc2ccccc2[nH]1. The molecule has 1 fully saturated rings. The van der Waals surface area contributed by atoms with Crippen molar-refractivity contribution in [1.29, 1.82) is 0 Å². The second-order valence-electron chi connectivity index (χ2n) is 7.27. The van der Waals surface area contributed by atoms with Gasteiger partial charge < -0.3 is 20.5 Å². The van der Waals surface area contributed by atoms with E-state index in [1.165, 1.54) is 6.20 Å². The largest absolute Gasteiger partial charge is 0.353 e. The number of carbonyl (C=O) groups excluding carboxylic acids is 2. The highest BCUT2D eigenvalue weighted by molar-refractivity contribution is 6.03. The molecule has 3 aromatic heterocycles. The van der Waals surface area contributed by atoms with E-state index in [1.54, 1.807) is 29.9 Å². The van der Waals surface area contributed by atoms with Crippen molar-refractivity contribution in [2.24, 2.45) is 7.05 Å². The number of amides is 2. The summed E-state index contributed by atoms with van der Waals surface area (Å²) in [5, 5.41) is 9.95. The average molecular weight is 416 g/mol. The van der Waals surface area contributed by atoms with Crippen LogP contribution in [0.2, 0.25) is 0 Å². The monoisotopic (exact) mass is 416 g/mol. The molecular formula is C21H20N8O2. The van der Waals surface area contributed by atoms with Gasteiger partial charge in [-0.15, -0.1) is 0 Å². The van der Waals surface area contributed by atoms with Crippen LogP contribution in [0.3, 0.4) is 0 Å². The van der Waals surface area contributed by atoms with Crippen molar-refractivity contribution in [2.75, 3.05) is 29.9 Å².